The van der Waals surface area contributed by atoms with Gasteiger partial charge < -0.3 is 5.73 Å². The normalized spacial score (nSPS) is 22.7. The van der Waals surface area contributed by atoms with E-state index in [1.807, 2.05) is 6.92 Å². The number of hydrogen-bond donors (Lipinski definition) is 2. The Bertz CT molecular complexity index is 750. The monoisotopic (exact) mass is 383 g/mol. The summed E-state index contributed by atoms with van der Waals surface area (Å²) in [5.74, 6) is 0. The van der Waals surface area contributed by atoms with Crippen molar-refractivity contribution in [1.29, 1.82) is 0 Å². The minimum atomic E-state index is -3.63. The number of hydrogen-bond acceptors (Lipinski definition) is 5. The predicted octanol–water partition coefficient (Wildman–Crippen LogP) is 0.376. The molecule has 0 aromatic heterocycles. The van der Waals surface area contributed by atoms with E-state index in [-0.39, 0.29) is 27.6 Å². The predicted molar refractivity (Wildman–Crippen MR) is 90.5 cm³/mol. The molecule has 2 rings (SSSR count). The number of benzene rings is 1. The highest BCUT2D eigenvalue weighted by Crippen LogP contribution is 2.32. The Kier molecular flexibility index (Phi) is 6.22. The Morgan fingerprint density at radius 1 is 1.17 bits per heavy atom. The molecule has 3 N–H and O–H groups in total. The number of nitrogens with one attached hydrogen (secondary N) is 1. The number of halogens is 1. The zero-order valence-electron chi connectivity index (χ0n) is 13.0. The fourth-order valence-electron chi connectivity index (χ4n) is 2.41. The van der Waals surface area contributed by atoms with Gasteiger partial charge in [-0.15, -0.1) is 12.4 Å². The van der Waals surface area contributed by atoms with Crippen LogP contribution in [0.5, 0.6) is 0 Å². The summed E-state index contributed by atoms with van der Waals surface area (Å²) in [5.41, 5.74) is 5.49. The van der Waals surface area contributed by atoms with Gasteiger partial charge in [-0.05, 0) is 49.7 Å². The van der Waals surface area contributed by atoms with E-state index in [2.05, 4.69) is 4.72 Å². The lowest BCUT2D eigenvalue weighted by Gasteiger charge is -2.22. The van der Waals surface area contributed by atoms with Crippen molar-refractivity contribution in [3.05, 3.63) is 24.3 Å². The van der Waals surface area contributed by atoms with E-state index < -0.39 is 20.0 Å². The molecular weight excluding hydrogens is 362 g/mol. The zero-order valence-corrected chi connectivity index (χ0v) is 15.5. The van der Waals surface area contributed by atoms with Crippen LogP contribution < -0.4 is 10.5 Å². The summed E-state index contributed by atoms with van der Waals surface area (Å²) < 4.78 is 52.1. The second-order valence-corrected chi connectivity index (χ2v) is 9.61. The fraction of sp³-hybridized carbons (Fsp3) is 0.538. The van der Waals surface area contributed by atoms with Gasteiger partial charge in [0.05, 0.1) is 9.79 Å². The third kappa shape index (κ3) is 4.04. The van der Waals surface area contributed by atoms with Gasteiger partial charge in [0.2, 0.25) is 20.0 Å². The van der Waals surface area contributed by atoms with Crippen LogP contribution in [-0.2, 0) is 20.0 Å². The Balaban J connectivity index is 0.00000264. The van der Waals surface area contributed by atoms with Gasteiger partial charge in [0.1, 0.15) is 0 Å². The topological polar surface area (TPSA) is 110 Å². The molecular formula is C13H22ClN3O4S2. The quantitative estimate of drug-likeness (QED) is 0.763. The number of sulfonamides is 2. The highest BCUT2D eigenvalue weighted by Gasteiger charge is 2.39. The molecule has 1 saturated heterocycles. The van der Waals surface area contributed by atoms with E-state index in [0.29, 0.717) is 19.6 Å². The van der Waals surface area contributed by atoms with Gasteiger partial charge in [-0.2, -0.15) is 4.31 Å². The van der Waals surface area contributed by atoms with Crippen LogP contribution in [0.3, 0.4) is 0 Å². The van der Waals surface area contributed by atoms with E-state index in [1.54, 1.807) is 0 Å². The van der Waals surface area contributed by atoms with Crippen LogP contribution in [0.25, 0.3) is 0 Å². The highest BCUT2D eigenvalue weighted by atomic mass is 35.5. The van der Waals surface area contributed by atoms with E-state index >= 15 is 0 Å². The van der Waals surface area contributed by atoms with Crippen LogP contribution in [0.4, 0.5) is 0 Å². The fourth-order valence-corrected chi connectivity index (χ4v) is 4.73. The van der Waals surface area contributed by atoms with E-state index in [1.165, 1.54) is 35.6 Å². The first-order chi connectivity index (χ1) is 10.1. The molecule has 1 atom stereocenters. The molecule has 7 nitrogen and oxygen atoms in total. The van der Waals surface area contributed by atoms with E-state index in [0.717, 1.165) is 6.42 Å². The van der Waals surface area contributed by atoms with Gasteiger partial charge in [-0.25, -0.2) is 21.6 Å². The van der Waals surface area contributed by atoms with Crippen LogP contribution in [0, 0.1) is 5.41 Å². The molecule has 1 heterocycles. The van der Waals surface area contributed by atoms with Gasteiger partial charge in [0.15, 0.2) is 0 Å². The minimum absolute atomic E-state index is 0. The maximum Gasteiger partial charge on any atom is 0.243 e. The minimum Gasteiger partial charge on any atom is -0.330 e. The molecule has 10 heteroatoms. The molecule has 0 amide bonds. The average Bonchev–Trinajstić information content (AvgIpc) is 2.91. The molecule has 0 saturated carbocycles. The van der Waals surface area contributed by atoms with Crippen LogP contribution in [0.2, 0.25) is 0 Å². The molecule has 132 valence electrons. The molecule has 0 bridgehead atoms. The Hall–Kier alpha value is -0.710. The molecule has 1 aliphatic rings. The van der Waals surface area contributed by atoms with Crippen molar-refractivity contribution < 1.29 is 16.8 Å². The van der Waals surface area contributed by atoms with E-state index in [4.69, 9.17) is 5.73 Å². The second kappa shape index (κ2) is 7.04. The van der Waals surface area contributed by atoms with Gasteiger partial charge in [-0.3, -0.25) is 0 Å². The summed E-state index contributed by atoms with van der Waals surface area (Å²) in [6, 6.07) is 5.21. The molecule has 23 heavy (non-hydrogen) atoms. The van der Waals surface area contributed by atoms with Crippen molar-refractivity contribution in [3.8, 4) is 0 Å². The van der Waals surface area contributed by atoms with Crippen molar-refractivity contribution in [3.63, 3.8) is 0 Å². The van der Waals surface area contributed by atoms with Crippen LogP contribution in [-0.4, -0.2) is 47.8 Å². The summed E-state index contributed by atoms with van der Waals surface area (Å²) in [7, 11) is -5.90. The van der Waals surface area contributed by atoms with Crippen LogP contribution >= 0.6 is 12.4 Å². The van der Waals surface area contributed by atoms with Gasteiger partial charge in [0.25, 0.3) is 0 Å². The number of nitrogens with zero attached hydrogens (tertiary/aromatic N) is 1. The van der Waals surface area contributed by atoms with Gasteiger partial charge in [0, 0.05) is 13.1 Å². The Morgan fingerprint density at radius 2 is 1.70 bits per heavy atom. The Morgan fingerprint density at radius 3 is 2.13 bits per heavy atom. The number of rotatable bonds is 5. The molecule has 1 fully saturated rings. The summed E-state index contributed by atoms with van der Waals surface area (Å²) in [6.45, 7) is 3.19. The van der Waals surface area contributed by atoms with Crippen molar-refractivity contribution in [2.24, 2.45) is 11.1 Å². The summed E-state index contributed by atoms with van der Waals surface area (Å²) >= 11 is 0. The van der Waals surface area contributed by atoms with Crippen molar-refractivity contribution in [2.75, 3.05) is 26.7 Å². The van der Waals surface area contributed by atoms with Gasteiger partial charge in [-0.1, -0.05) is 6.92 Å². The highest BCUT2D eigenvalue weighted by molar-refractivity contribution is 7.89. The Labute approximate surface area is 143 Å². The molecule has 0 aliphatic carbocycles. The third-order valence-corrected chi connectivity index (χ3v) is 7.35. The van der Waals surface area contributed by atoms with Crippen molar-refractivity contribution >= 4 is 32.5 Å². The smallest absolute Gasteiger partial charge is 0.243 e. The molecule has 0 spiro atoms. The SMILES string of the molecule is CNS(=O)(=O)c1ccc(S(=O)(=O)N2CCC(C)(CN)C2)cc1.Cl. The zero-order chi connectivity index (χ0) is 16.6. The van der Waals surface area contributed by atoms with Crippen LogP contribution in [0.15, 0.2) is 34.1 Å². The second-order valence-electron chi connectivity index (χ2n) is 5.78. The lowest BCUT2D eigenvalue weighted by atomic mass is 9.90. The third-order valence-electron chi connectivity index (χ3n) is 4.06. The standard InChI is InChI=1S/C13H21N3O4S2.ClH/c1-13(9-14)7-8-16(10-13)22(19,20)12-5-3-11(4-6-12)21(17,18)15-2;/h3-6,15H,7-10,14H2,1-2H3;1H. The molecule has 1 aromatic carbocycles. The van der Waals surface area contributed by atoms with Crippen molar-refractivity contribution in [1.82, 2.24) is 9.03 Å². The average molecular weight is 384 g/mol. The first kappa shape index (κ1) is 20.3. The lowest BCUT2D eigenvalue weighted by molar-refractivity contribution is 0.349. The molecule has 1 aromatic rings. The first-order valence-electron chi connectivity index (χ1n) is 6.88. The van der Waals surface area contributed by atoms with Gasteiger partial charge >= 0.3 is 0 Å². The summed E-state index contributed by atoms with van der Waals surface area (Å²) in [4.78, 5) is 0.117. The summed E-state index contributed by atoms with van der Waals surface area (Å²) in [6.07, 6.45) is 0.717. The molecule has 1 aliphatic heterocycles. The summed E-state index contributed by atoms with van der Waals surface area (Å²) in [5, 5.41) is 0. The van der Waals surface area contributed by atoms with Crippen molar-refractivity contribution in [2.45, 2.75) is 23.1 Å². The largest absolute Gasteiger partial charge is 0.330 e. The van der Waals surface area contributed by atoms with Crippen LogP contribution in [0.1, 0.15) is 13.3 Å². The maximum absolute atomic E-state index is 12.6. The maximum atomic E-state index is 12.6. The molecule has 0 radical (unpaired) electrons. The number of nitrogens with two attached hydrogens (primary N) is 1. The molecule has 1 unspecified atom stereocenters. The lowest BCUT2D eigenvalue weighted by Crippen LogP contribution is -2.34. The first-order valence-corrected chi connectivity index (χ1v) is 9.81. The van der Waals surface area contributed by atoms with E-state index in [9.17, 15) is 16.8 Å².